The predicted octanol–water partition coefficient (Wildman–Crippen LogP) is -0.246. The third-order valence-corrected chi connectivity index (χ3v) is 4.78. The molecule has 3 rings (SSSR count). The molecule has 0 unspecified atom stereocenters. The average molecular weight is 383 g/mol. The van der Waals surface area contributed by atoms with Crippen molar-refractivity contribution >= 4 is 18.4 Å². The van der Waals surface area contributed by atoms with Crippen LogP contribution < -0.4 is 4.90 Å². The summed E-state index contributed by atoms with van der Waals surface area (Å²) in [6, 6.07) is 1.60. The monoisotopic (exact) mass is 383 g/mol. The van der Waals surface area contributed by atoms with Crippen molar-refractivity contribution in [3.05, 3.63) is 17.5 Å². The maximum atomic E-state index is 11.7. The van der Waals surface area contributed by atoms with Gasteiger partial charge in [-0.05, 0) is 25.8 Å². The summed E-state index contributed by atoms with van der Waals surface area (Å²) in [5.74, 6) is 0.0181. The highest BCUT2D eigenvalue weighted by Gasteiger charge is 2.43. The first kappa shape index (κ1) is 21.0. The van der Waals surface area contributed by atoms with Crippen LogP contribution in [0.4, 0.5) is 5.95 Å². The minimum atomic E-state index is -0.809. The van der Waals surface area contributed by atoms with Crippen LogP contribution >= 0.6 is 0 Å². The molecule has 1 spiro atoms. The molecule has 0 bridgehead atoms. The van der Waals surface area contributed by atoms with Crippen LogP contribution in [0.25, 0.3) is 0 Å². The molecule has 3 N–H and O–H groups in total. The SMILES string of the molecule is COC(=O)c1cc(C)nc(N2CCC3(CC2)C[C@@H](O)[C@@H](O)CO3)n1.O=CO. The van der Waals surface area contributed by atoms with Gasteiger partial charge in [0.1, 0.15) is 6.10 Å². The third kappa shape index (κ3) is 5.12. The van der Waals surface area contributed by atoms with Gasteiger partial charge in [-0.15, -0.1) is 0 Å². The summed E-state index contributed by atoms with van der Waals surface area (Å²) in [5.41, 5.74) is 0.547. The smallest absolute Gasteiger partial charge is 0.356 e. The Morgan fingerprint density at radius 1 is 1.33 bits per heavy atom. The normalized spacial score (nSPS) is 23.9. The van der Waals surface area contributed by atoms with E-state index < -0.39 is 23.8 Å². The Balaban J connectivity index is 0.000000817. The zero-order valence-corrected chi connectivity index (χ0v) is 15.4. The molecular formula is C17H25N3O7. The van der Waals surface area contributed by atoms with E-state index in [-0.39, 0.29) is 18.8 Å². The van der Waals surface area contributed by atoms with E-state index in [4.69, 9.17) is 19.4 Å². The van der Waals surface area contributed by atoms with E-state index in [1.165, 1.54) is 7.11 Å². The zero-order valence-electron chi connectivity index (χ0n) is 15.4. The molecule has 0 saturated carbocycles. The van der Waals surface area contributed by atoms with E-state index in [0.29, 0.717) is 44.0 Å². The molecule has 2 atom stereocenters. The van der Waals surface area contributed by atoms with Crippen LogP contribution in [0.15, 0.2) is 6.07 Å². The minimum Gasteiger partial charge on any atom is -0.483 e. The van der Waals surface area contributed by atoms with E-state index in [9.17, 15) is 15.0 Å². The Morgan fingerprint density at radius 2 is 1.96 bits per heavy atom. The van der Waals surface area contributed by atoms with E-state index >= 15 is 0 Å². The number of carboxylic acid groups (broad SMARTS) is 1. The summed E-state index contributed by atoms with van der Waals surface area (Å²) in [4.78, 5) is 30.8. The van der Waals surface area contributed by atoms with Gasteiger partial charge in [0.2, 0.25) is 5.95 Å². The van der Waals surface area contributed by atoms with E-state index in [1.807, 2.05) is 11.8 Å². The number of anilines is 1. The van der Waals surface area contributed by atoms with E-state index in [0.717, 1.165) is 0 Å². The second kappa shape index (κ2) is 9.07. The Morgan fingerprint density at radius 3 is 2.52 bits per heavy atom. The van der Waals surface area contributed by atoms with Crippen LogP contribution in [-0.2, 0) is 14.3 Å². The number of nitrogens with zero attached hydrogens (tertiary/aromatic N) is 3. The average Bonchev–Trinajstić information content (AvgIpc) is 2.65. The summed E-state index contributed by atoms with van der Waals surface area (Å²) in [6.07, 6.45) is 0.302. The number of aliphatic hydroxyl groups excluding tert-OH is 2. The molecule has 3 heterocycles. The van der Waals surface area contributed by atoms with Gasteiger partial charge in [0, 0.05) is 25.2 Å². The van der Waals surface area contributed by atoms with Gasteiger partial charge in [0.15, 0.2) is 5.69 Å². The van der Waals surface area contributed by atoms with Crippen molar-refractivity contribution < 1.29 is 34.4 Å². The summed E-state index contributed by atoms with van der Waals surface area (Å²) in [7, 11) is 1.32. The Kier molecular flexibility index (Phi) is 7.05. The highest BCUT2D eigenvalue weighted by atomic mass is 16.5. The Hall–Kier alpha value is -2.30. The van der Waals surface area contributed by atoms with Crippen molar-refractivity contribution in [2.75, 3.05) is 31.7 Å². The van der Waals surface area contributed by atoms with Crippen molar-refractivity contribution in [1.82, 2.24) is 9.97 Å². The lowest BCUT2D eigenvalue weighted by Crippen LogP contribution is -2.54. The molecule has 2 aliphatic rings. The lowest BCUT2D eigenvalue weighted by molar-refractivity contribution is -0.178. The summed E-state index contributed by atoms with van der Waals surface area (Å²) in [6.45, 7) is 3.04. The van der Waals surface area contributed by atoms with E-state index in [2.05, 4.69) is 9.97 Å². The van der Waals surface area contributed by atoms with Gasteiger partial charge in [-0.2, -0.15) is 0 Å². The number of carbonyl (C=O) groups excluding carboxylic acids is 1. The molecular weight excluding hydrogens is 358 g/mol. The number of methoxy groups -OCH3 is 1. The fourth-order valence-corrected chi connectivity index (χ4v) is 3.32. The third-order valence-electron chi connectivity index (χ3n) is 4.78. The second-order valence-corrected chi connectivity index (χ2v) is 6.61. The Bertz CT molecular complexity index is 662. The van der Waals surface area contributed by atoms with Crippen molar-refractivity contribution in [2.45, 2.75) is 44.0 Å². The lowest BCUT2D eigenvalue weighted by Gasteiger charge is -2.46. The lowest BCUT2D eigenvalue weighted by atomic mass is 9.82. The quantitative estimate of drug-likeness (QED) is 0.462. The first-order chi connectivity index (χ1) is 12.8. The number of esters is 1. The fourth-order valence-electron chi connectivity index (χ4n) is 3.32. The number of aliphatic hydroxyl groups is 2. The molecule has 2 aliphatic heterocycles. The summed E-state index contributed by atoms with van der Waals surface area (Å²) < 4.78 is 10.6. The molecule has 10 nitrogen and oxygen atoms in total. The van der Waals surface area contributed by atoms with Gasteiger partial charge in [0.05, 0.1) is 25.4 Å². The van der Waals surface area contributed by atoms with Gasteiger partial charge >= 0.3 is 5.97 Å². The number of aryl methyl sites for hydroxylation is 1. The van der Waals surface area contributed by atoms with Gasteiger partial charge in [-0.25, -0.2) is 14.8 Å². The van der Waals surface area contributed by atoms with Crippen molar-refractivity contribution in [3.8, 4) is 0 Å². The van der Waals surface area contributed by atoms with Gasteiger partial charge in [-0.3, -0.25) is 4.79 Å². The number of hydrogen-bond donors (Lipinski definition) is 3. The molecule has 0 amide bonds. The molecule has 27 heavy (non-hydrogen) atoms. The molecule has 0 aromatic carbocycles. The standard InChI is InChI=1S/C16H23N3O5.CH2O2/c1-10-7-11(14(22)23-2)18-15(17-10)19-5-3-16(4-6-19)8-12(20)13(21)9-24-16;2-1-3/h7,12-13,20-21H,3-6,8-9H2,1-2H3;1H,(H,2,3)/t12-,13+;/m1./s1. The first-order valence-electron chi connectivity index (χ1n) is 8.61. The van der Waals surface area contributed by atoms with Crippen molar-refractivity contribution in [1.29, 1.82) is 0 Å². The van der Waals surface area contributed by atoms with Crippen LogP contribution in [0.1, 0.15) is 35.4 Å². The maximum absolute atomic E-state index is 11.7. The number of carbonyl (C=O) groups is 2. The van der Waals surface area contributed by atoms with Crippen molar-refractivity contribution in [2.24, 2.45) is 0 Å². The number of rotatable bonds is 2. The molecule has 1 aromatic heterocycles. The van der Waals surface area contributed by atoms with Gasteiger partial charge in [0.25, 0.3) is 6.47 Å². The molecule has 2 saturated heterocycles. The number of ether oxygens (including phenoxy) is 2. The minimum absolute atomic E-state index is 0.161. The predicted molar refractivity (Wildman–Crippen MR) is 93.6 cm³/mol. The summed E-state index contributed by atoms with van der Waals surface area (Å²) >= 11 is 0. The molecule has 2 fully saturated rings. The van der Waals surface area contributed by atoms with Crippen molar-refractivity contribution in [3.63, 3.8) is 0 Å². The Labute approximate surface area is 156 Å². The first-order valence-corrected chi connectivity index (χ1v) is 8.61. The van der Waals surface area contributed by atoms with Gasteiger partial charge in [-0.1, -0.05) is 0 Å². The topological polar surface area (TPSA) is 142 Å². The molecule has 150 valence electrons. The van der Waals surface area contributed by atoms with Crippen LogP contribution in [0.2, 0.25) is 0 Å². The molecule has 10 heteroatoms. The van der Waals surface area contributed by atoms with Gasteiger partial charge < -0.3 is 29.7 Å². The highest BCUT2D eigenvalue weighted by Crippen LogP contribution is 2.36. The molecule has 1 aromatic rings. The summed E-state index contributed by atoms with van der Waals surface area (Å²) in [5, 5.41) is 26.4. The van der Waals surface area contributed by atoms with Crippen LogP contribution in [0.5, 0.6) is 0 Å². The van der Waals surface area contributed by atoms with Crippen LogP contribution in [0.3, 0.4) is 0 Å². The highest BCUT2D eigenvalue weighted by molar-refractivity contribution is 5.87. The number of hydrogen-bond acceptors (Lipinski definition) is 9. The number of aromatic nitrogens is 2. The molecule has 0 radical (unpaired) electrons. The van der Waals surface area contributed by atoms with E-state index in [1.54, 1.807) is 6.07 Å². The fraction of sp³-hybridized carbons (Fsp3) is 0.647. The number of piperidine rings is 1. The largest absolute Gasteiger partial charge is 0.483 e. The van der Waals surface area contributed by atoms with Crippen LogP contribution in [-0.4, -0.2) is 82.3 Å². The maximum Gasteiger partial charge on any atom is 0.356 e. The van der Waals surface area contributed by atoms with Crippen LogP contribution in [0, 0.1) is 6.92 Å². The molecule has 0 aliphatic carbocycles. The zero-order chi connectivity index (χ0) is 20.0. The second-order valence-electron chi connectivity index (χ2n) is 6.61.